The summed E-state index contributed by atoms with van der Waals surface area (Å²) in [6, 6.07) is 12.4. The molecule has 0 aliphatic heterocycles. The van der Waals surface area contributed by atoms with Crippen LogP contribution >= 0.6 is 0 Å². The number of aromatic nitrogens is 1. The molecule has 0 N–H and O–H groups in total. The molecule has 134 valence electrons. The van der Waals surface area contributed by atoms with Crippen molar-refractivity contribution in [2.45, 2.75) is 26.6 Å². The summed E-state index contributed by atoms with van der Waals surface area (Å²) in [4.78, 5) is 13.0. The average molecular weight is 357 g/mol. The van der Waals surface area contributed by atoms with Crippen molar-refractivity contribution in [3.8, 4) is 22.3 Å². The van der Waals surface area contributed by atoms with Crippen LogP contribution in [0.15, 0.2) is 65.7 Å². The van der Waals surface area contributed by atoms with Crippen molar-refractivity contribution in [2.24, 2.45) is 0 Å². The molecule has 0 bridgehead atoms. The van der Waals surface area contributed by atoms with Gasteiger partial charge in [0.2, 0.25) is 0 Å². The quantitative estimate of drug-likeness (QED) is 0.604. The summed E-state index contributed by atoms with van der Waals surface area (Å²) in [6.07, 6.45) is -1.10. The fraction of sp³-hybridized carbons (Fsp3) is 0.190. The van der Waals surface area contributed by atoms with Gasteiger partial charge in [-0.3, -0.25) is 4.79 Å². The van der Waals surface area contributed by atoms with E-state index in [2.05, 4.69) is 0 Å². The van der Waals surface area contributed by atoms with Gasteiger partial charge in [-0.15, -0.1) is 0 Å². The maximum absolute atomic E-state index is 13.0. The average Bonchev–Trinajstić information content (AvgIpc) is 2.61. The zero-order chi connectivity index (χ0) is 18.9. The zero-order valence-corrected chi connectivity index (χ0v) is 14.5. The summed E-state index contributed by atoms with van der Waals surface area (Å²) in [5, 5.41) is 0. The van der Waals surface area contributed by atoms with E-state index in [9.17, 15) is 18.0 Å². The van der Waals surface area contributed by atoms with Gasteiger partial charge in [-0.25, -0.2) is 0 Å². The number of alkyl halides is 3. The van der Waals surface area contributed by atoms with Crippen LogP contribution in [0.5, 0.6) is 0 Å². The van der Waals surface area contributed by atoms with Crippen molar-refractivity contribution >= 4 is 0 Å². The van der Waals surface area contributed by atoms with Gasteiger partial charge in [-0.1, -0.05) is 42.0 Å². The Morgan fingerprint density at radius 1 is 0.923 bits per heavy atom. The van der Waals surface area contributed by atoms with Crippen LogP contribution in [0, 0.1) is 6.92 Å². The lowest BCUT2D eigenvalue weighted by atomic mass is 9.98. The van der Waals surface area contributed by atoms with E-state index in [4.69, 9.17) is 0 Å². The SMILES string of the molecule is CCn1cc(-c2cccc(C)c2)c(=O)c(-c2cccc(C(F)(F)F)c2)c1. The van der Waals surface area contributed by atoms with Crippen LogP contribution < -0.4 is 5.43 Å². The topological polar surface area (TPSA) is 22.0 Å². The number of hydrogen-bond donors (Lipinski definition) is 0. The van der Waals surface area contributed by atoms with Gasteiger partial charge in [0.15, 0.2) is 5.43 Å². The van der Waals surface area contributed by atoms with Crippen molar-refractivity contribution in [2.75, 3.05) is 0 Å². The molecule has 0 atom stereocenters. The fourth-order valence-corrected chi connectivity index (χ4v) is 2.90. The van der Waals surface area contributed by atoms with E-state index >= 15 is 0 Å². The molecule has 0 spiro atoms. The van der Waals surface area contributed by atoms with Gasteiger partial charge in [-0.05, 0) is 37.1 Å². The minimum atomic E-state index is -4.45. The van der Waals surface area contributed by atoms with Crippen LogP contribution in [0.4, 0.5) is 13.2 Å². The minimum Gasteiger partial charge on any atom is -0.353 e. The number of hydrogen-bond acceptors (Lipinski definition) is 1. The van der Waals surface area contributed by atoms with E-state index in [-0.39, 0.29) is 16.6 Å². The Morgan fingerprint density at radius 2 is 1.50 bits per heavy atom. The van der Waals surface area contributed by atoms with E-state index in [1.165, 1.54) is 12.1 Å². The monoisotopic (exact) mass is 357 g/mol. The van der Waals surface area contributed by atoms with Crippen molar-refractivity contribution in [1.29, 1.82) is 0 Å². The third-order valence-electron chi connectivity index (χ3n) is 4.27. The van der Waals surface area contributed by atoms with Crippen LogP contribution in [0.3, 0.4) is 0 Å². The van der Waals surface area contributed by atoms with Crippen LogP contribution in [0.1, 0.15) is 18.1 Å². The number of pyridine rings is 1. The van der Waals surface area contributed by atoms with Gasteiger partial charge in [0, 0.05) is 30.1 Å². The van der Waals surface area contributed by atoms with E-state index in [0.717, 1.165) is 23.3 Å². The smallest absolute Gasteiger partial charge is 0.353 e. The molecule has 5 heteroatoms. The zero-order valence-electron chi connectivity index (χ0n) is 14.5. The Hall–Kier alpha value is -2.82. The summed E-state index contributed by atoms with van der Waals surface area (Å²) in [5.41, 5.74) is 1.72. The number of benzene rings is 2. The van der Waals surface area contributed by atoms with Gasteiger partial charge >= 0.3 is 6.18 Å². The lowest BCUT2D eigenvalue weighted by Gasteiger charge is -2.13. The molecular formula is C21H18F3NO. The minimum absolute atomic E-state index is 0.261. The molecule has 0 fully saturated rings. The molecule has 1 aromatic heterocycles. The first-order valence-corrected chi connectivity index (χ1v) is 8.28. The molecule has 0 aliphatic rings. The molecular weight excluding hydrogens is 339 g/mol. The molecule has 1 heterocycles. The lowest BCUT2D eigenvalue weighted by Crippen LogP contribution is -2.13. The van der Waals surface area contributed by atoms with Crippen LogP contribution in [-0.2, 0) is 12.7 Å². The molecule has 0 aliphatic carbocycles. The van der Waals surface area contributed by atoms with E-state index in [0.29, 0.717) is 12.1 Å². The second-order valence-electron chi connectivity index (χ2n) is 6.19. The van der Waals surface area contributed by atoms with Crippen molar-refractivity contribution in [1.82, 2.24) is 4.57 Å². The Morgan fingerprint density at radius 3 is 2.04 bits per heavy atom. The van der Waals surface area contributed by atoms with Crippen LogP contribution in [0.2, 0.25) is 0 Å². The Labute approximate surface area is 149 Å². The lowest BCUT2D eigenvalue weighted by molar-refractivity contribution is -0.137. The summed E-state index contributed by atoms with van der Waals surface area (Å²) >= 11 is 0. The van der Waals surface area contributed by atoms with E-state index in [1.807, 2.05) is 42.7 Å². The van der Waals surface area contributed by atoms with Gasteiger partial charge in [0.25, 0.3) is 0 Å². The highest BCUT2D eigenvalue weighted by Gasteiger charge is 2.30. The number of halogens is 3. The molecule has 0 saturated heterocycles. The first-order chi connectivity index (χ1) is 12.3. The fourth-order valence-electron chi connectivity index (χ4n) is 2.90. The second kappa shape index (κ2) is 6.83. The van der Waals surface area contributed by atoms with Crippen LogP contribution in [0.25, 0.3) is 22.3 Å². The molecule has 3 rings (SSSR count). The highest BCUT2D eigenvalue weighted by molar-refractivity contribution is 5.72. The highest BCUT2D eigenvalue weighted by atomic mass is 19.4. The Kier molecular flexibility index (Phi) is 4.72. The molecule has 0 saturated carbocycles. The summed E-state index contributed by atoms with van der Waals surface area (Å²) < 4.78 is 40.9. The Bertz CT molecular complexity index is 1000. The first kappa shape index (κ1) is 18.0. The number of aryl methyl sites for hydroxylation is 2. The number of rotatable bonds is 3. The number of nitrogens with zero attached hydrogens (tertiary/aromatic N) is 1. The molecule has 26 heavy (non-hydrogen) atoms. The normalized spacial score (nSPS) is 11.6. The highest BCUT2D eigenvalue weighted by Crippen LogP contribution is 2.32. The maximum Gasteiger partial charge on any atom is 0.416 e. The third-order valence-corrected chi connectivity index (χ3v) is 4.27. The van der Waals surface area contributed by atoms with Crippen molar-refractivity contribution < 1.29 is 13.2 Å². The summed E-state index contributed by atoms with van der Waals surface area (Å²) in [5.74, 6) is 0. The van der Waals surface area contributed by atoms with Gasteiger partial charge in [0.1, 0.15) is 0 Å². The second-order valence-corrected chi connectivity index (χ2v) is 6.19. The molecule has 2 nitrogen and oxygen atoms in total. The van der Waals surface area contributed by atoms with Crippen molar-refractivity contribution in [3.05, 3.63) is 82.3 Å². The maximum atomic E-state index is 13.0. The summed E-state index contributed by atoms with van der Waals surface area (Å²) in [6.45, 7) is 4.45. The predicted molar refractivity (Wildman–Crippen MR) is 97.0 cm³/mol. The van der Waals surface area contributed by atoms with E-state index < -0.39 is 11.7 Å². The molecule has 2 aromatic carbocycles. The molecule has 0 amide bonds. The first-order valence-electron chi connectivity index (χ1n) is 8.28. The molecule has 3 aromatic rings. The van der Waals surface area contributed by atoms with Crippen LogP contribution in [-0.4, -0.2) is 4.57 Å². The Balaban J connectivity index is 2.23. The van der Waals surface area contributed by atoms with Gasteiger partial charge < -0.3 is 4.57 Å². The standard InChI is InChI=1S/C21H18F3NO/c1-3-25-12-18(15-7-4-6-14(2)10-15)20(26)19(13-25)16-8-5-9-17(11-16)21(22,23)24/h4-13H,3H2,1-2H3. The third kappa shape index (κ3) is 3.57. The largest absolute Gasteiger partial charge is 0.416 e. The van der Waals surface area contributed by atoms with Crippen molar-refractivity contribution in [3.63, 3.8) is 0 Å². The molecule has 0 unspecified atom stereocenters. The summed E-state index contributed by atoms with van der Waals surface area (Å²) in [7, 11) is 0. The van der Waals surface area contributed by atoms with Gasteiger partial charge in [-0.2, -0.15) is 13.2 Å². The predicted octanol–water partition coefficient (Wildman–Crippen LogP) is 5.53. The van der Waals surface area contributed by atoms with E-state index in [1.54, 1.807) is 12.4 Å². The van der Waals surface area contributed by atoms with Gasteiger partial charge in [0.05, 0.1) is 5.56 Å². The molecule has 0 radical (unpaired) electrons.